The smallest absolute Gasteiger partial charge is 0.194 e. The van der Waals surface area contributed by atoms with E-state index in [4.69, 9.17) is 14.5 Å². The van der Waals surface area contributed by atoms with Crippen LogP contribution in [0, 0.1) is 6.92 Å². The van der Waals surface area contributed by atoms with E-state index in [0.29, 0.717) is 13.1 Å². The molecule has 0 amide bonds. The first-order valence-corrected chi connectivity index (χ1v) is 10.6. The molecule has 3 rings (SSSR count). The fourth-order valence-electron chi connectivity index (χ4n) is 3.32. The monoisotopic (exact) mass is 436 g/mol. The van der Waals surface area contributed by atoms with Crippen molar-refractivity contribution < 1.29 is 9.47 Å². The normalized spacial score (nSPS) is 11.3. The van der Waals surface area contributed by atoms with Crippen LogP contribution in [0.15, 0.2) is 53.5 Å². The molecular weight excluding hydrogens is 404 g/mol. The van der Waals surface area contributed by atoms with Gasteiger partial charge in [-0.2, -0.15) is 0 Å². The van der Waals surface area contributed by atoms with E-state index in [1.54, 1.807) is 14.2 Å². The number of benzene rings is 2. The lowest BCUT2D eigenvalue weighted by molar-refractivity contribution is 0.395. The molecule has 1 aromatic heterocycles. The quantitative estimate of drug-likeness (QED) is 0.411. The van der Waals surface area contributed by atoms with Crippen molar-refractivity contribution in [3.8, 4) is 11.5 Å². The molecule has 0 unspecified atom stereocenters. The Morgan fingerprint density at radius 1 is 1.06 bits per heavy atom. The number of guanidine groups is 1. The van der Waals surface area contributed by atoms with Crippen molar-refractivity contribution in [2.24, 2.45) is 12.0 Å². The molecule has 0 fully saturated rings. The van der Waals surface area contributed by atoms with Crippen LogP contribution in [0.4, 0.5) is 0 Å². The van der Waals surface area contributed by atoms with Crippen molar-refractivity contribution in [2.45, 2.75) is 26.4 Å². The van der Waals surface area contributed by atoms with Crippen molar-refractivity contribution in [3.63, 3.8) is 0 Å². The molecule has 1 N–H and O–H groups in total. The Morgan fingerprint density at radius 3 is 2.47 bits per heavy atom. The molecule has 8 heteroatoms. The van der Waals surface area contributed by atoms with Gasteiger partial charge in [-0.15, -0.1) is 10.2 Å². The van der Waals surface area contributed by atoms with Gasteiger partial charge in [0.05, 0.1) is 14.2 Å². The summed E-state index contributed by atoms with van der Waals surface area (Å²) in [4.78, 5) is 6.92. The average molecular weight is 437 g/mol. The first-order chi connectivity index (χ1) is 15.5. The Morgan fingerprint density at radius 2 is 1.81 bits per heavy atom. The molecular formula is C24H32N6O2. The molecule has 0 aliphatic carbocycles. The highest BCUT2D eigenvalue weighted by molar-refractivity contribution is 5.79. The van der Waals surface area contributed by atoms with Gasteiger partial charge in [0, 0.05) is 32.7 Å². The standard InChI is InChI=1S/C24H32N6O2/c1-18-27-28-23(30(18)3)16-26-24(25-15-14-19-10-12-21(31-4)13-11-19)29(2)17-20-8-6-7-9-22(20)32-5/h6-13H,14-17H2,1-5H3,(H,25,26). The average Bonchev–Trinajstić information content (AvgIpc) is 3.14. The van der Waals surface area contributed by atoms with E-state index in [0.717, 1.165) is 47.6 Å². The van der Waals surface area contributed by atoms with Crippen molar-refractivity contribution in [2.75, 3.05) is 27.8 Å². The van der Waals surface area contributed by atoms with Gasteiger partial charge < -0.3 is 24.3 Å². The zero-order valence-electron chi connectivity index (χ0n) is 19.5. The molecule has 0 aliphatic rings. The second-order valence-electron chi connectivity index (χ2n) is 7.56. The van der Waals surface area contributed by atoms with Gasteiger partial charge in [0.25, 0.3) is 0 Å². The van der Waals surface area contributed by atoms with Gasteiger partial charge in [0.15, 0.2) is 11.8 Å². The Labute approximate surface area is 189 Å². The van der Waals surface area contributed by atoms with E-state index in [1.807, 2.05) is 55.9 Å². The van der Waals surface area contributed by atoms with Crippen molar-refractivity contribution >= 4 is 5.96 Å². The van der Waals surface area contributed by atoms with Crippen LogP contribution in [0.25, 0.3) is 0 Å². The number of aliphatic imine (C=N–C) groups is 1. The van der Waals surface area contributed by atoms with Crippen LogP contribution in [-0.4, -0.2) is 53.4 Å². The summed E-state index contributed by atoms with van der Waals surface area (Å²) in [6.07, 6.45) is 0.870. The van der Waals surface area contributed by atoms with Crippen LogP contribution in [0.1, 0.15) is 22.8 Å². The summed E-state index contributed by atoms with van der Waals surface area (Å²) >= 11 is 0. The summed E-state index contributed by atoms with van der Waals surface area (Å²) in [6, 6.07) is 16.2. The van der Waals surface area contributed by atoms with Gasteiger partial charge in [-0.1, -0.05) is 30.3 Å². The van der Waals surface area contributed by atoms with Crippen LogP contribution < -0.4 is 14.8 Å². The minimum atomic E-state index is 0.443. The molecule has 0 aliphatic heterocycles. The molecule has 0 bridgehead atoms. The summed E-state index contributed by atoms with van der Waals surface area (Å²) in [5.74, 6) is 4.21. The van der Waals surface area contributed by atoms with E-state index in [9.17, 15) is 0 Å². The Hall–Kier alpha value is -3.55. The van der Waals surface area contributed by atoms with Gasteiger partial charge in [0.2, 0.25) is 0 Å². The topological polar surface area (TPSA) is 76.8 Å². The van der Waals surface area contributed by atoms with E-state index in [2.05, 4.69) is 38.6 Å². The van der Waals surface area contributed by atoms with Gasteiger partial charge in [0.1, 0.15) is 23.9 Å². The summed E-state index contributed by atoms with van der Waals surface area (Å²) in [6.45, 7) is 3.79. The van der Waals surface area contributed by atoms with E-state index in [-0.39, 0.29) is 0 Å². The predicted octanol–water partition coefficient (Wildman–Crippen LogP) is 2.96. The molecule has 32 heavy (non-hydrogen) atoms. The lowest BCUT2D eigenvalue weighted by atomic mass is 10.1. The fourth-order valence-corrected chi connectivity index (χ4v) is 3.32. The zero-order valence-corrected chi connectivity index (χ0v) is 19.5. The third-order valence-electron chi connectivity index (χ3n) is 5.37. The second-order valence-corrected chi connectivity index (χ2v) is 7.56. The van der Waals surface area contributed by atoms with Gasteiger partial charge >= 0.3 is 0 Å². The fraction of sp³-hybridized carbons (Fsp3) is 0.375. The lowest BCUT2D eigenvalue weighted by Gasteiger charge is -2.23. The number of ether oxygens (including phenoxy) is 2. The number of hydrogen-bond donors (Lipinski definition) is 1. The largest absolute Gasteiger partial charge is 0.497 e. The number of rotatable bonds is 9. The SMILES string of the molecule is COc1ccc(CCNC(=NCc2nnc(C)n2C)N(C)Cc2ccccc2OC)cc1. The maximum atomic E-state index is 5.51. The van der Waals surface area contributed by atoms with Crippen LogP contribution in [0.2, 0.25) is 0 Å². The number of methoxy groups -OCH3 is 2. The van der Waals surface area contributed by atoms with E-state index in [1.165, 1.54) is 5.56 Å². The van der Waals surface area contributed by atoms with Crippen molar-refractivity contribution in [1.29, 1.82) is 0 Å². The Balaban J connectivity index is 1.71. The van der Waals surface area contributed by atoms with Gasteiger partial charge in [-0.25, -0.2) is 4.99 Å². The third-order valence-corrected chi connectivity index (χ3v) is 5.37. The van der Waals surface area contributed by atoms with Crippen molar-refractivity contribution in [3.05, 3.63) is 71.3 Å². The molecule has 8 nitrogen and oxygen atoms in total. The second kappa shape index (κ2) is 11.2. The predicted molar refractivity (Wildman–Crippen MR) is 126 cm³/mol. The third kappa shape index (κ3) is 6.00. The van der Waals surface area contributed by atoms with Crippen LogP contribution in [0.3, 0.4) is 0 Å². The molecule has 0 radical (unpaired) electrons. The molecule has 2 aromatic carbocycles. The van der Waals surface area contributed by atoms with Crippen LogP contribution >= 0.6 is 0 Å². The summed E-state index contributed by atoms with van der Waals surface area (Å²) in [5.41, 5.74) is 2.32. The molecule has 0 saturated heterocycles. The molecule has 0 spiro atoms. The number of para-hydroxylation sites is 1. The summed E-state index contributed by atoms with van der Waals surface area (Å²) < 4.78 is 12.7. The molecule has 1 heterocycles. The number of nitrogens with zero attached hydrogens (tertiary/aromatic N) is 5. The minimum absolute atomic E-state index is 0.443. The lowest BCUT2D eigenvalue weighted by Crippen LogP contribution is -2.39. The Bertz CT molecular complexity index is 1030. The number of aryl methyl sites for hydroxylation is 1. The maximum Gasteiger partial charge on any atom is 0.194 e. The summed E-state index contributed by atoms with van der Waals surface area (Å²) in [5, 5.41) is 11.9. The highest BCUT2D eigenvalue weighted by Gasteiger charge is 2.12. The molecule has 170 valence electrons. The number of hydrogen-bond acceptors (Lipinski definition) is 5. The molecule has 0 saturated carbocycles. The minimum Gasteiger partial charge on any atom is -0.497 e. The number of nitrogens with one attached hydrogen (secondary N) is 1. The highest BCUT2D eigenvalue weighted by atomic mass is 16.5. The van der Waals surface area contributed by atoms with E-state index >= 15 is 0 Å². The first-order valence-electron chi connectivity index (χ1n) is 10.6. The maximum absolute atomic E-state index is 5.51. The molecule has 3 aromatic rings. The van der Waals surface area contributed by atoms with Gasteiger partial charge in [-0.3, -0.25) is 0 Å². The highest BCUT2D eigenvalue weighted by Crippen LogP contribution is 2.19. The first kappa shape index (κ1) is 23.1. The van der Waals surface area contributed by atoms with E-state index < -0.39 is 0 Å². The summed E-state index contributed by atoms with van der Waals surface area (Å²) in [7, 11) is 7.34. The van der Waals surface area contributed by atoms with Crippen LogP contribution in [0.5, 0.6) is 11.5 Å². The Kier molecular flexibility index (Phi) is 8.08. The molecule has 0 atom stereocenters. The van der Waals surface area contributed by atoms with Crippen molar-refractivity contribution in [1.82, 2.24) is 25.0 Å². The number of aromatic nitrogens is 3. The zero-order chi connectivity index (χ0) is 22.9. The van der Waals surface area contributed by atoms with Gasteiger partial charge in [-0.05, 0) is 37.1 Å². The van der Waals surface area contributed by atoms with Crippen LogP contribution in [-0.2, 0) is 26.6 Å².